The standard InChI is InChI=1S/C24H21N5O6/c25-24-27-20-19(21(32)28-24)16(11-26-20)9-6-13-4-7-14(8-5-13)22(33)29(12-18(30)31)17-3-1-2-15(10-17)23(34)35/h1-5,7-8,10-11H,6,9,12H2,(H,30,31)(H,34,35)(H4,25,26,27,28,32). The fourth-order valence-electron chi connectivity index (χ4n) is 3.79. The zero-order valence-corrected chi connectivity index (χ0v) is 18.3. The highest BCUT2D eigenvalue weighted by molar-refractivity contribution is 6.08. The van der Waals surface area contributed by atoms with Crippen LogP contribution in [-0.2, 0) is 17.6 Å². The normalized spacial score (nSPS) is 10.9. The molecule has 35 heavy (non-hydrogen) atoms. The number of nitrogens with two attached hydrogens (primary N) is 1. The summed E-state index contributed by atoms with van der Waals surface area (Å²) in [7, 11) is 0. The van der Waals surface area contributed by atoms with Crippen LogP contribution in [0.5, 0.6) is 0 Å². The fourth-order valence-corrected chi connectivity index (χ4v) is 3.79. The van der Waals surface area contributed by atoms with Gasteiger partial charge in [-0.2, -0.15) is 4.98 Å². The van der Waals surface area contributed by atoms with Gasteiger partial charge in [-0.1, -0.05) is 18.2 Å². The Morgan fingerprint density at radius 3 is 2.43 bits per heavy atom. The number of carboxylic acids is 2. The van der Waals surface area contributed by atoms with Gasteiger partial charge in [0.05, 0.1) is 10.9 Å². The van der Waals surface area contributed by atoms with Gasteiger partial charge < -0.3 is 20.9 Å². The van der Waals surface area contributed by atoms with Crippen molar-refractivity contribution < 1.29 is 24.6 Å². The van der Waals surface area contributed by atoms with Gasteiger partial charge in [-0.05, 0) is 54.3 Å². The van der Waals surface area contributed by atoms with E-state index in [0.717, 1.165) is 16.0 Å². The molecule has 11 nitrogen and oxygen atoms in total. The number of aliphatic carboxylic acids is 1. The minimum absolute atomic E-state index is 0.0304. The van der Waals surface area contributed by atoms with Crippen LogP contribution in [0.1, 0.15) is 31.8 Å². The molecule has 0 aliphatic heterocycles. The van der Waals surface area contributed by atoms with Gasteiger partial charge in [0.15, 0.2) is 0 Å². The van der Waals surface area contributed by atoms with Crippen molar-refractivity contribution in [3.8, 4) is 0 Å². The van der Waals surface area contributed by atoms with Crippen molar-refractivity contribution in [1.82, 2.24) is 15.0 Å². The molecule has 4 rings (SSSR count). The molecule has 0 spiro atoms. The molecule has 0 saturated carbocycles. The SMILES string of the molecule is Nc1nc2[nH]cc(CCc3ccc(C(=O)N(CC(=O)O)c4cccc(C(=O)O)c4)cc3)c2c(=O)[nH]1. The lowest BCUT2D eigenvalue weighted by atomic mass is 10.0. The lowest BCUT2D eigenvalue weighted by Crippen LogP contribution is -2.35. The monoisotopic (exact) mass is 475 g/mol. The first-order valence-electron chi connectivity index (χ1n) is 10.5. The Hall–Kier alpha value is -4.93. The van der Waals surface area contributed by atoms with Crippen LogP contribution in [0.4, 0.5) is 11.6 Å². The van der Waals surface area contributed by atoms with Gasteiger partial charge in [0.25, 0.3) is 11.5 Å². The summed E-state index contributed by atoms with van der Waals surface area (Å²) in [5.74, 6) is -2.97. The van der Waals surface area contributed by atoms with Crippen LogP contribution < -0.4 is 16.2 Å². The first-order valence-corrected chi connectivity index (χ1v) is 10.5. The fraction of sp³-hybridized carbons (Fsp3) is 0.125. The number of nitrogens with zero attached hydrogens (tertiary/aromatic N) is 2. The third-order valence-electron chi connectivity index (χ3n) is 5.47. The average molecular weight is 475 g/mol. The minimum atomic E-state index is -1.24. The van der Waals surface area contributed by atoms with Crippen molar-refractivity contribution in [3.63, 3.8) is 0 Å². The van der Waals surface area contributed by atoms with E-state index in [9.17, 15) is 29.4 Å². The highest BCUT2D eigenvalue weighted by atomic mass is 16.4. The van der Waals surface area contributed by atoms with Crippen molar-refractivity contribution in [2.24, 2.45) is 0 Å². The van der Waals surface area contributed by atoms with Crippen LogP contribution in [-0.4, -0.2) is 49.6 Å². The van der Waals surface area contributed by atoms with Crippen LogP contribution in [0.3, 0.4) is 0 Å². The number of amides is 1. The number of rotatable bonds is 8. The van der Waals surface area contributed by atoms with E-state index >= 15 is 0 Å². The molecule has 6 N–H and O–H groups in total. The van der Waals surface area contributed by atoms with Crippen LogP contribution in [0, 0.1) is 0 Å². The number of nitrogen functional groups attached to an aromatic ring is 1. The zero-order chi connectivity index (χ0) is 25.1. The molecule has 0 bridgehead atoms. The summed E-state index contributed by atoms with van der Waals surface area (Å²) in [6, 6.07) is 12.2. The number of benzene rings is 2. The highest BCUT2D eigenvalue weighted by Gasteiger charge is 2.21. The number of carbonyl (C=O) groups is 3. The van der Waals surface area contributed by atoms with E-state index in [2.05, 4.69) is 15.0 Å². The van der Waals surface area contributed by atoms with Gasteiger partial charge in [0, 0.05) is 17.4 Å². The molecule has 0 aliphatic rings. The van der Waals surface area contributed by atoms with E-state index in [1.54, 1.807) is 30.5 Å². The molecule has 0 aliphatic carbocycles. The Morgan fingerprint density at radius 2 is 1.74 bits per heavy atom. The topological polar surface area (TPSA) is 182 Å². The molecule has 2 aromatic heterocycles. The number of carboxylic acid groups (broad SMARTS) is 2. The van der Waals surface area contributed by atoms with E-state index in [1.807, 2.05) is 0 Å². The first kappa shape index (κ1) is 23.2. The second-order valence-corrected chi connectivity index (χ2v) is 7.83. The summed E-state index contributed by atoms with van der Waals surface area (Å²) >= 11 is 0. The molecule has 0 atom stereocenters. The summed E-state index contributed by atoms with van der Waals surface area (Å²) in [6.07, 6.45) is 2.82. The Balaban J connectivity index is 1.52. The van der Waals surface area contributed by atoms with E-state index in [4.69, 9.17) is 5.73 Å². The molecule has 2 aromatic carbocycles. The van der Waals surface area contributed by atoms with Crippen molar-refractivity contribution >= 4 is 40.5 Å². The smallest absolute Gasteiger partial charge is 0.335 e. The van der Waals surface area contributed by atoms with E-state index in [0.29, 0.717) is 23.9 Å². The molecule has 11 heteroatoms. The second-order valence-electron chi connectivity index (χ2n) is 7.83. The van der Waals surface area contributed by atoms with Gasteiger partial charge in [0.2, 0.25) is 5.95 Å². The van der Waals surface area contributed by atoms with Crippen LogP contribution in [0.25, 0.3) is 11.0 Å². The maximum atomic E-state index is 13.1. The van der Waals surface area contributed by atoms with Crippen LogP contribution in [0.2, 0.25) is 0 Å². The number of H-pyrrole nitrogens is 2. The van der Waals surface area contributed by atoms with Crippen molar-refractivity contribution in [2.75, 3.05) is 17.2 Å². The van der Waals surface area contributed by atoms with E-state index < -0.39 is 24.4 Å². The second kappa shape index (κ2) is 9.51. The number of hydrogen-bond donors (Lipinski definition) is 5. The summed E-state index contributed by atoms with van der Waals surface area (Å²) in [5.41, 5.74) is 7.68. The van der Waals surface area contributed by atoms with Crippen LogP contribution in [0.15, 0.2) is 59.5 Å². The third-order valence-corrected chi connectivity index (χ3v) is 5.47. The predicted molar refractivity (Wildman–Crippen MR) is 128 cm³/mol. The van der Waals surface area contributed by atoms with Crippen molar-refractivity contribution in [1.29, 1.82) is 0 Å². The maximum Gasteiger partial charge on any atom is 0.335 e. The molecule has 0 fully saturated rings. The first-order chi connectivity index (χ1) is 16.7. The Kier molecular flexibility index (Phi) is 6.32. The number of hydrogen-bond acceptors (Lipinski definition) is 6. The summed E-state index contributed by atoms with van der Waals surface area (Å²) in [6.45, 7) is -0.628. The molecule has 1 amide bonds. The largest absolute Gasteiger partial charge is 0.480 e. The van der Waals surface area contributed by atoms with Gasteiger partial charge in [-0.15, -0.1) is 0 Å². The van der Waals surface area contributed by atoms with Gasteiger partial charge in [-0.3, -0.25) is 24.3 Å². The summed E-state index contributed by atoms with van der Waals surface area (Å²) in [5, 5.41) is 18.9. The highest BCUT2D eigenvalue weighted by Crippen LogP contribution is 2.20. The number of aromatic carboxylic acids is 1. The summed E-state index contributed by atoms with van der Waals surface area (Å²) in [4.78, 5) is 58.5. The van der Waals surface area contributed by atoms with Crippen molar-refractivity contribution in [2.45, 2.75) is 12.8 Å². The van der Waals surface area contributed by atoms with E-state index in [-0.39, 0.29) is 28.3 Å². The molecule has 0 radical (unpaired) electrons. The number of anilines is 2. The van der Waals surface area contributed by atoms with Gasteiger partial charge in [-0.25, -0.2) is 4.79 Å². The Morgan fingerprint density at radius 1 is 1.00 bits per heavy atom. The zero-order valence-electron chi connectivity index (χ0n) is 18.3. The molecular formula is C24H21N5O6. The minimum Gasteiger partial charge on any atom is -0.480 e. The number of aromatic nitrogens is 3. The molecule has 0 saturated heterocycles. The van der Waals surface area contributed by atoms with Crippen LogP contribution >= 0.6 is 0 Å². The average Bonchev–Trinajstić information content (AvgIpc) is 3.24. The third kappa shape index (κ3) is 5.03. The predicted octanol–water partition coefficient (Wildman–Crippen LogP) is 2.05. The molecule has 0 unspecified atom stereocenters. The molecular weight excluding hydrogens is 454 g/mol. The lowest BCUT2D eigenvalue weighted by Gasteiger charge is -2.21. The van der Waals surface area contributed by atoms with Gasteiger partial charge >= 0.3 is 11.9 Å². The van der Waals surface area contributed by atoms with Crippen molar-refractivity contribution in [3.05, 3.63) is 87.3 Å². The van der Waals surface area contributed by atoms with Gasteiger partial charge in [0.1, 0.15) is 12.2 Å². The lowest BCUT2D eigenvalue weighted by molar-refractivity contribution is -0.135. The maximum absolute atomic E-state index is 13.1. The number of carbonyl (C=O) groups excluding carboxylic acids is 1. The molecule has 2 heterocycles. The Bertz CT molecular complexity index is 1490. The molecule has 178 valence electrons. The number of aromatic amines is 2. The molecule has 4 aromatic rings. The number of fused-ring (bicyclic) bond motifs is 1. The Labute approximate surface area is 197 Å². The number of aryl methyl sites for hydroxylation is 2. The number of nitrogens with one attached hydrogen (secondary N) is 2. The summed E-state index contributed by atoms with van der Waals surface area (Å²) < 4.78 is 0. The quantitative estimate of drug-likeness (QED) is 0.256. The van der Waals surface area contributed by atoms with E-state index in [1.165, 1.54) is 24.3 Å².